The molecule has 0 atom stereocenters. The molecule has 0 saturated heterocycles. The maximum Gasteiger partial charge on any atom is 0.335 e. The van der Waals surface area contributed by atoms with Crippen molar-refractivity contribution in [3.8, 4) is 0 Å². The van der Waals surface area contributed by atoms with Crippen molar-refractivity contribution in [1.82, 2.24) is 10.3 Å². The summed E-state index contributed by atoms with van der Waals surface area (Å²) in [6.45, 7) is 0. The van der Waals surface area contributed by atoms with Crippen molar-refractivity contribution in [2.45, 2.75) is 0 Å². The van der Waals surface area contributed by atoms with Gasteiger partial charge in [-0.25, -0.2) is 4.79 Å². The number of hydrogen-bond donors (Lipinski definition) is 2. The molecule has 0 aromatic carbocycles. The Labute approximate surface area is 74.4 Å². The zero-order valence-electron chi connectivity index (χ0n) is 6.94. The molecule has 5 heteroatoms. The number of hydrogen-bond acceptors (Lipinski definition) is 3. The first-order chi connectivity index (χ1) is 6.15. The summed E-state index contributed by atoms with van der Waals surface area (Å²) in [6.07, 6.45) is 1.29. The van der Waals surface area contributed by atoms with Crippen LogP contribution in [-0.4, -0.2) is 29.0 Å². The van der Waals surface area contributed by atoms with Gasteiger partial charge in [0.2, 0.25) is 0 Å². The summed E-state index contributed by atoms with van der Waals surface area (Å²) in [5, 5.41) is 11.0. The first-order valence-electron chi connectivity index (χ1n) is 3.56. The van der Waals surface area contributed by atoms with Gasteiger partial charge in [-0.2, -0.15) is 0 Å². The maximum atomic E-state index is 11.0. The number of nitrogens with one attached hydrogen (secondary N) is 1. The van der Waals surface area contributed by atoms with Crippen LogP contribution in [0.25, 0.3) is 0 Å². The maximum absolute atomic E-state index is 11.0. The van der Waals surface area contributed by atoms with Crippen LogP contribution >= 0.6 is 0 Å². The molecule has 1 rings (SSSR count). The van der Waals surface area contributed by atoms with Crippen molar-refractivity contribution >= 4 is 11.9 Å². The highest BCUT2D eigenvalue weighted by molar-refractivity contribution is 5.95. The molecule has 2 N–H and O–H groups in total. The first-order valence-corrected chi connectivity index (χ1v) is 3.56. The Kier molecular flexibility index (Phi) is 2.59. The molecule has 0 radical (unpaired) electrons. The molecule has 0 aliphatic carbocycles. The molecule has 0 spiro atoms. The SMILES string of the molecule is CNC(=O)c1cc(C(=O)O)ccn1. The van der Waals surface area contributed by atoms with Crippen LogP contribution in [0.4, 0.5) is 0 Å². The zero-order chi connectivity index (χ0) is 9.84. The third-order valence-corrected chi connectivity index (χ3v) is 1.47. The van der Waals surface area contributed by atoms with Crippen LogP contribution in [0.15, 0.2) is 18.3 Å². The number of nitrogens with zero attached hydrogens (tertiary/aromatic N) is 1. The number of pyridine rings is 1. The third kappa shape index (κ3) is 2.02. The van der Waals surface area contributed by atoms with Crippen LogP contribution in [-0.2, 0) is 0 Å². The van der Waals surface area contributed by atoms with Gasteiger partial charge in [-0.15, -0.1) is 0 Å². The second-order valence-corrected chi connectivity index (χ2v) is 2.31. The highest BCUT2D eigenvalue weighted by Crippen LogP contribution is 2.01. The summed E-state index contributed by atoms with van der Waals surface area (Å²) in [7, 11) is 1.46. The standard InChI is InChI=1S/C8H8N2O3/c1-9-7(11)6-4-5(8(12)13)2-3-10-6/h2-4H,1H3,(H,9,11)(H,12,13). The quantitative estimate of drug-likeness (QED) is 0.678. The van der Waals surface area contributed by atoms with Gasteiger partial charge >= 0.3 is 5.97 Å². The number of rotatable bonds is 2. The smallest absolute Gasteiger partial charge is 0.335 e. The second-order valence-electron chi connectivity index (χ2n) is 2.31. The fraction of sp³-hybridized carbons (Fsp3) is 0.125. The van der Waals surface area contributed by atoms with Gasteiger partial charge in [-0.3, -0.25) is 9.78 Å². The fourth-order valence-corrected chi connectivity index (χ4v) is 0.816. The molecule has 0 unspecified atom stereocenters. The molecule has 68 valence electrons. The Morgan fingerprint density at radius 2 is 2.23 bits per heavy atom. The van der Waals surface area contributed by atoms with E-state index in [-0.39, 0.29) is 11.3 Å². The van der Waals surface area contributed by atoms with E-state index in [9.17, 15) is 9.59 Å². The van der Waals surface area contributed by atoms with Crippen LogP contribution in [0.2, 0.25) is 0 Å². The van der Waals surface area contributed by atoms with Crippen molar-refractivity contribution in [3.63, 3.8) is 0 Å². The lowest BCUT2D eigenvalue weighted by Crippen LogP contribution is -2.19. The van der Waals surface area contributed by atoms with Crippen molar-refractivity contribution in [3.05, 3.63) is 29.6 Å². The summed E-state index contributed by atoms with van der Waals surface area (Å²) in [5.41, 5.74) is 0.149. The predicted octanol–water partition coefficient (Wildman–Crippen LogP) is 0.139. The molecular formula is C8H8N2O3. The van der Waals surface area contributed by atoms with E-state index in [2.05, 4.69) is 10.3 Å². The van der Waals surface area contributed by atoms with E-state index in [1.807, 2.05) is 0 Å². The van der Waals surface area contributed by atoms with E-state index in [0.29, 0.717) is 0 Å². The lowest BCUT2D eigenvalue weighted by Gasteiger charge is -1.98. The van der Waals surface area contributed by atoms with Crippen molar-refractivity contribution in [2.24, 2.45) is 0 Å². The molecule has 1 amide bonds. The number of carboxylic acids is 1. The van der Waals surface area contributed by atoms with Gasteiger partial charge in [0.1, 0.15) is 5.69 Å². The minimum absolute atomic E-state index is 0.0496. The molecule has 1 aromatic rings. The largest absolute Gasteiger partial charge is 0.478 e. The predicted molar refractivity (Wildman–Crippen MR) is 44.6 cm³/mol. The monoisotopic (exact) mass is 180 g/mol. The number of carbonyl (C=O) groups excluding carboxylic acids is 1. The van der Waals surface area contributed by atoms with Crippen LogP contribution in [0.3, 0.4) is 0 Å². The molecular weight excluding hydrogens is 172 g/mol. The fourth-order valence-electron chi connectivity index (χ4n) is 0.816. The van der Waals surface area contributed by atoms with Crippen LogP contribution in [0.5, 0.6) is 0 Å². The van der Waals surface area contributed by atoms with Crippen molar-refractivity contribution in [1.29, 1.82) is 0 Å². The van der Waals surface area contributed by atoms with Crippen LogP contribution in [0, 0.1) is 0 Å². The van der Waals surface area contributed by atoms with Gasteiger partial charge in [0.05, 0.1) is 5.56 Å². The summed E-state index contributed by atoms with van der Waals surface area (Å²) in [5.74, 6) is -1.48. The summed E-state index contributed by atoms with van der Waals surface area (Å²) in [4.78, 5) is 25.2. The zero-order valence-corrected chi connectivity index (χ0v) is 6.94. The third-order valence-electron chi connectivity index (χ3n) is 1.47. The topological polar surface area (TPSA) is 79.3 Å². The van der Waals surface area contributed by atoms with Crippen LogP contribution < -0.4 is 5.32 Å². The number of aromatic nitrogens is 1. The van der Waals surface area contributed by atoms with E-state index < -0.39 is 11.9 Å². The average molecular weight is 180 g/mol. The van der Waals surface area contributed by atoms with Gasteiger partial charge in [-0.1, -0.05) is 0 Å². The van der Waals surface area contributed by atoms with Gasteiger partial charge < -0.3 is 10.4 Å². The molecule has 1 heterocycles. The molecule has 0 saturated carbocycles. The van der Waals surface area contributed by atoms with Crippen molar-refractivity contribution < 1.29 is 14.7 Å². The van der Waals surface area contributed by atoms with E-state index in [1.54, 1.807) is 0 Å². The van der Waals surface area contributed by atoms with E-state index >= 15 is 0 Å². The van der Waals surface area contributed by atoms with Gasteiger partial charge in [-0.05, 0) is 12.1 Å². The number of carboxylic acid groups (broad SMARTS) is 1. The summed E-state index contributed by atoms with van der Waals surface area (Å²) < 4.78 is 0. The molecule has 0 fully saturated rings. The normalized spacial score (nSPS) is 9.31. The molecule has 0 aliphatic heterocycles. The Hall–Kier alpha value is -1.91. The lowest BCUT2D eigenvalue weighted by molar-refractivity contribution is 0.0696. The molecule has 5 nitrogen and oxygen atoms in total. The van der Waals surface area contributed by atoms with E-state index in [1.165, 1.54) is 25.4 Å². The number of aromatic carboxylic acids is 1. The Balaban J connectivity index is 3.05. The van der Waals surface area contributed by atoms with E-state index in [4.69, 9.17) is 5.11 Å². The average Bonchev–Trinajstić information content (AvgIpc) is 2.17. The highest BCUT2D eigenvalue weighted by Gasteiger charge is 2.08. The van der Waals surface area contributed by atoms with Gasteiger partial charge in [0.25, 0.3) is 5.91 Å². The number of carbonyl (C=O) groups is 2. The molecule has 1 aromatic heterocycles. The lowest BCUT2D eigenvalue weighted by atomic mass is 10.2. The van der Waals surface area contributed by atoms with E-state index in [0.717, 1.165) is 0 Å². The van der Waals surface area contributed by atoms with Crippen LogP contribution in [0.1, 0.15) is 20.8 Å². The van der Waals surface area contributed by atoms with Crippen molar-refractivity contribution in [2.75, 3.05) is 7.05 Å². The second kappa shape index (κ2) is 3.66. The summed E-state index contributed by atoms with van der Waals surface area (Å²) >= 11 is 0. The molecule has 13 heavy (non-hydrogen) atoms. The Morgan fingerprint density at radius 3 is 2.77 bits per heavy atom. The molecule has 0 bridgehead atoms. The first kappa shape index (κ1) is 9.18. The number of amides is 1. The highest BCUT2D eigenvalue weighted by atomic mass is 16.4. The Bertz CT molecular complexity index is 349. The minimum atomic E-state index is -1.08. The minimum Gasteiger partial charge on any atom is -0.478 e. The van der Waals surface area contributed by atoms with Gasteiger partial charge in [0, 0.05) is 13.2 Å². The Morgan fingerprint density at radius 1 is 1.54 bits per heavy atom. The molecule has 0 aliphatic rings. The van der Waals surface area contributed by atoms with Gasteiger partial charge in [0.15, 0.2) is 0 Å². The summed E-state index contributed by atoms with van der Waals surface area (Å²) in [6, 6.07) is 2.55.